The highest BCUT2D eigenvalue weighted by Crippen LogP contribution is 2.30. The van der Waals surface area contributed by atoms with Gasteiger partial charge in [0.25, 0.3) is 17.4 Å². The van der Waals surface area contributed by atoms with Crippen LogP contribution in [-0.2, 0) is 25.8 Å². The summed E-state index contributed by atoms with van der Waals surface area (Å²) in [4.78, 5) is 49.8. The van der Waals surface area contributed by atoms with E-state index in [1.54, 1.807) is 20.8 Å². The van der Waals surface area contributed by atoms with Crippen LogP contribution < -0.4 is 0 Å². The topological polar surface area (TPSA) is 76.2 Å². The molecule has 0 bridgehead atoms. The van der Waals surface area contributed by atoms with Crippen LogP contribution in [-0.4, -0.2) is 52.9 Å². The van der Waals surface area contributed by atoms with Gasteiger partial charge in [-0.25, -0.2) is 19.0 Å². The van der Waals surface area contributed by atoms with E-state index in [2.05, 4.69) is 0 Å². The van der Waals surface area contributed by atoms with E-state index in [4.69, 9.17) is 9.78 Å². The van der Waals surface area contributed by atoms with E-state index in [1.165, 1.54) is 38.4 Å². The van der Waals surface area contributed by atoms with E-state index in [9.17, 15) is 18.8 Å². The second kappa shape index (κ2) is 6.53. The molecule has 136 valence electrons. The fourth-order valence-electron chi connectivity index (χ4n) is 2.37. The first kappa shape index (κ1) is 19.0. The van der Waals surface area contributed by atoms with Gasteiger partial charge in [-0.1, -0.05) is 12.1 Å². The molecule has 0 saturated carbocycles. The van der Waals surface area contributed by atoms with E-state index in [1.807, 2.05) is 0 Å². The Labute approximate surface area is 145 Å². The number of likely N-dealkylation sites (N-methyl/N-ethyl adjacent to an activating group) is 2. The average molecular weight is 352 g/mol. The van der Waals surface area contributed by atoms with E-state index in [-0.39, 0.29) is 6.42 Å². The minimum Gasteiger partial charge on any atom is -0.270 e. The summed E-state index contributed by atoms with van der Waals surface area (Å²) in [5, 5.41) is 0. The first-order chi connectivity index (χ1) is 11.5. The van der Waals surface area contributed by atoms with Gasteiger partial charge in [0, 0.05) is 20.5 Å². The van der Waals surface area contributed by atoms with Gasteiger partial charge in [-0.15, -0.1) is 0 Å². The van der Waals surface area contributed by atoms with Crippen LogP contribution in [0.5, 0.6) is 0 Å². The van der Waals surface area contributed by atoms with E-state index in [0.29, 0.717) is 5.56 Å². The number of carbonyl (C=O) groups excluding carboxylic acids is 3. The van der Waals surface area contributed by atoms with E-state index >= 15 is 0 Å². The second-order valence-electron chi connectivity index (χ2n) is 6.92. The Balaban J connectivity index is 2.47. The Bertz CT molecular complexity index is 672. The van der Waals surface area contributed by atoms with Crippen molar-refractivity contribution in [2.24, 2.45) is 0 Å². The summed E-state index contributed by atoms with van der Waals surface area (Å²) in [6, 6.07) is 4.54. The normalized spacial score (nSPS) is 18.1. The summed E-state index contributed by atoms with van der Waals surface area (Å²) < 4.78 is 13.1. The molecule has 7 nitrogen and oxygen atoms in total. The second-order valence-corrected chi connectivity index (χ2v) is 6.92. The summed E-state index contributed by atoms with van der Waals surface area (Å²) in [6.07, 6.45) is -0.205. The molecule has 0 aliphatic carbocycles. The Morgan fingerprint density at radius 1 is 1.00 bits per heavy atom. The van der Waals surface area contributed by atoms with Gasteiger partial charge in [-0.05, 0) is 38.5 Å². The van der Waals surface area contributed by atoms with Crippen LogP contribution in [0, 0.1) is 5.82 Å². The van der Waals surface area contributed by atoms with Crippen LogP contribution in [0.25, 0.3) is 0 Å². The molecule has 0 atom stereocenters. The molecule has 0 aromatic heterocycles. The molecule has 4 amide bonds. The van der Waals surface area contributed by atoms with Gasteiger partial charge in [0.15, 0.2) is 0 Å². The Hall–Kier alpha value is -2.32. The number of amides is 4. The molecule has 1 fully saturated rings. The van der Waals surface area contributed by atoms with Crippen LogP contribution in [0.4, 0.5) is 9.18 Å². The van der Waals surface area contributed by atoms with Crippen molar-refractivity contribution < 1.29 is 28.5 Å². The molecule has 0 radical (unpaired) electrons. The molecule has 1 aromatic rings. The lowest BCUT2D eigenvalue weighted by atomic mass is 9.90. The zero-order valence-corrected chi connectivity index (χ0v) is 14.8. The maximum absolute atomic E-state index is 13.1. The van der Waals surface area contributed by atoms with Gasteiger partial charge < -0.3 is 0 Å². The van der Waals surface area contributed by atoms with Crippen molar-refractivity contribution in [3.63, 3.8) is 0 Å². The molecule has 2 rings (SSSR count). The third kappa shape index (κ3) is 3.69. The lowest BCUT2D eigenvalue weighted by Crippen LogP contribution is -2.69. The van der Waals surface area contributed by atoms with Crippen molar-refractivity contribution in [1.82, 2.24) is 9.80 Å². The van der Waals surface area contributed by atoms with Crippen molar-refractivity contribution in [1.29, 1.82) is 0 Å². The smallest absolute Gasteiger partial charge is 0.270 e. The van der Waals surface area contributed by atoms with Gasteiger partial charge in [-0.2, -0.15) is 0 Å². The molecule has 0 N–H and O–H groups in total. The minimum atomic E-state index is -2.07. The molecule has 1 aliphatic rings. The quantitative estimate of drug-likeness (QED) is 0.470. The number of hydrogen-bond acceptors (Lipinski definition) is 5. The lowest BCUT2D eigenvalue weighted by molar-refractivity contribution is -0.387. The van der Waals surface area contributed by atoms with Crippen molar-refractivity contribution >= 4 is 17.8 Å². The summed E-state index contributed by atoms with van der Waals surface area (Å²) in [5.74, 6) is -2.13. The van der Waals surface area contributed by atoms with Crippen LogP contribution in [0.1, 0.15) is 26.3 Å². The Morgan fingerprint density at radius 3 is 1.92 bits per heavy atom. The van der Waals surface area contributed by atoms with Crippen molar-refractivity contribution in [2.75, 3.05) is 14.1 Å². The van der Waals surface area contributed by atoms with Crippen LogP contribution in [0.2, 0.25) is 0 Å². The summed E-state index contributed by atoms with van der Waals surface area (Å²) in [7, 11) is 2.51. The van der Waals surface area contributed by atoms with Crippen LogP contribution in [0.3, 0.4) is 0 Å². The van der Waals surface area contributed by atoms with Crippen molar-refractivity contribution in [2.45, 2.75) is 38.4 Å². The summed E-state index contributed by atoms with van der Waals surface area (Å²) in [6.45, 7) is 5.07. The molecule has 1 saturated heterocycles. The van der Waals surface area contributed by atoms with Crippen molar-refractivity contribution in [3.05, 3.63) is 35.6 Å². The third-order valence-corrected chi connectivity index (χ3v) is 3.67. The number of urea groups is 1. The first-order valence-electron chi connectivity index (χ1n) is 7.69. The predicted octanol–water partition coefficient (Wildman–Crippen LogP) is 1.90. The van der Waals surface area contributed by atoms with Gasteiger partial charge in [-0.3, -0.25) is 19.4 Å². The summed E-state index contributed by atoms with van der Waals surface area (Å²) >= 11 is 0. The molecule has 0 unspecified atom stereocenters. The molecule has 25 heavy (non-hydrogen) atoms. The van der Waals surface area contributed by atoms with Gasteiger partial charge in [0.05, 0.1) is 5.60 Å². The lowest BCUT2D eigenvalue weighted by Gasteiger charge is -2.41. The number of carbonyl (C=O) groups is 3. The molecule has 1 aliphatic heterocycles. The van der Waals surface area contributed by atoms with Gasteiger partial charge in [0.1, 0.15) is 5.82 Å². The zero-order valence-electron chi connectivity index (χ0n) is 14.8. The largest absolute Gasteiger partial charge is 0.333 e. The first-order valence-corrected chi connectivity index (χ1v) is 7.69. The molecular formula is C17H21FN2O5. The number of nitrogens with zero attached hydrogens (tertiary/aromatic N) is 2. The zero-order chi connectivity index (χ0) is 19.0. The number of benzene rings is 1. The van der Waals surface area contributed by atoms with Gasteiger partial charge >= 0.3 is 6.03 Å². The van der Waals surface area contributed by atoms with Gasteiger partial charge in [0.2, 0.25) is 0 Å². The number of imide groups is 2. The van der Waals surface area contributed by atoms with E-state index in [0.717, 1.165) is 9.80 Å². The number of hydrogen-bond donors (Lipinski definition) is 0. The number of halogens is 1. The monoisotopic (exact) mass is 352 g/mol. The van der Waals surface area contributed by atoms with Crippen molar-refractivity contribution in [3.8, 4) is 0 Å². The molecule has 8 heteroatoms. The SMILES string of the molecule is CN1C(=O)N(C)C(=O)C(Cc2ccc(F)cc2)(OOC(C)(C)C)C1=O. The summed E-state index contributed by atoms with van der Waals surface area (Å²) in [5.41, 5.74) is -2.38. The molecular weight excluding hydrogens is 331 g/mol. The van der Waals surface area contributed by atoms with Crippen LogP contribution in [0.15, 0.2) is 24.3 Å². The third-order valence-electron chi connectivity index (χ3n) is 3.67. The molecule has 1 aromatic carbocycles. The van der Waals surface area contributed by atoms with E-state index < -0.39 is 34.9 Å². The average Bonchev–Trinajstić information content (AvgIpc) is 2.55. The fourth-order valence-corrected chi connectivity index (χ4v) is 2.37. The van der Waals surface area contributed by atoms with Crippen LogP contribution >= 0.6 is 0 Å². The molecule has 1 heterocycles. The number of barbiturate groups is 1. The highest BCUT2D eigenvalue weighted by molar-refractivity contribution is 6.21. The highest BCUT2D eigenvalue weighted by Gasteiger charge is 2.58. The predicted molar refractivity (Wildman–Crippen MR) is 85.7 cm³/mol. The minimum absolute atomic E-state index is 0.205. The number of rotatable bonds is 4. The maximum Gasteiger partial charge on any atom is 0.333 e. The Kier molecular flexibility index (Phi) is 4.97. The molecule has 0 spiro atoms. The Morgan fingerprint density at radius 2 is 1.48 bits per heavy atom. The highest BCUT2D eigenvalue weighted by atomic mass is 19.1. The maximum atomic E-state index is 13.1. The standard InChI is InChI=1S/C17H21FN2O5/c1-16(2,3)24-25-17(10-11-6-8-12(18)9-7-11)13(21)19(4)15(23)20(5)14(17)22/h6-9H,10H2,1-5H3. The fraction of sp³-hybridized carbons (Fsp3) is 0.471.